The average molecular weight is 362 g/mol. The van der Waals surface area contributed by atoms with Gasteiger partial charge >= 0.3 is 7.05 Å². The normalized spacial score (nSPS) is 16.0. The highest BCUT2D eigenvalue weighted by Crippen LogP contribution is 2.28. The predicted molar refractivity (Wildman–Crippen MR) is 99.4 cm³/mol. The number of rotatable bonds is 4. The van der Waals surface area contributed by atoms with E-state index >= 15 is 0 Å². The Balaban J connectivity index is 1.68. The van der Waals surface area contributed by atoms with Gasteiger partial charge in [-0.1, -0.05) is 17.7 Å². The van der Waals surface area contributed by atoms with E-state index in [0.29, 0.717) is 17.4 Å². The summed E-state index contributed by atoms with van der Waals surface area (Å²) in [7, 11) is 1.16. The first kappa shape index (κ1) is 17.9. The zero-order valence-corrected chi connectivity index (χ0v) is 15.1. The minimum Gasteiger partial charge on any atom is -0.437 e. The molecule has 0 saturated carbocycles. The first-order valence-corrected chi connectivity index (χ1v) is 8.71. The molecule has 2 N–H and O–H groups in total. The molecule has 1 aliphatic rings. The second-order valence-corrected chi connectivity index (χ2v) is 6.74. The second kappa shape index (κ2) is 7.55. The van der Waals surface area contributed by atoms with Crippen LogP contribution in [0.2, 0.25) is 12.0 Å². The van der Waals surface area contributed by atoms with Gasteiger partial charge in [0.15, 0.2) is 5.15 Å². The molecule has 0 bridgehead atoms. The van der Waals surface area contributed by atoms with Crippen molar-refractivity contribution in [1.29, 1.82) is 0 Å². The molecule has 1 aliphatic heterocycles. The van der Waals surface area contributed by atoms with Gasteiger partial charge in [0.2, 0.25) is 0 Å². The lowest BCUT2D eigenvalue weighted by Gasteiger charge is -2.32. The summed E-state index contributed by atoms with van der Waals surface area (Å²) in [5.41, 5.74) is 1.25. The molecule has 0 aromatic carbocycles. The van der Waals surface area contributed by atoms with Crippen LogP contribution in [-0.2, 0) is 7.05 Å². The number of hydrogen-bond donors (Lipinski definition) is 2. The molecule has 2 aromatic heterocycles. The smallest absolute Gasteiger partial charge is 0.376 e. The first-order chi connectivity index (χ1) is 11.9. The summed E-state index contributed by atoms with van der Waals surface area (Å²) in [5.74, 6) is 1.03. The Bertz CT molecular complexity index is 788. The largest absolute Gasteiger partial charge is 0.437 e. The average Bonchev–Trinajstić information content (AvgIpc) is 2.60. The van der Waals surface area contributed by atoms with Crippen LogP contribution in [0.15, 0.2) is 29.2 Å². The highest BCUT2D eigenvalue weighted by molar-refractivity contribution is 6.45. The van der Waals surface area contributed by atoms with Gasteiger partial charge in [0.25, 0.3) is 5.56 Å². The zero-order valence-electron chi connectivity index (χ0n) is 14.3. The van der Waals surface area contributed by atoms with Crippen LogP contribution in [0, 0.1) is 0 Å². The standard InChI is InChI=1S/C16H21BClN5O2/c1-17(25)23-7-5-11(6-8-23)12-3-4-15(19-10-12)20-13-9-14(18)21-22(2)16(13)24/h3-4,9-11,25H,5-8H2,1-2H3,(H,19,20). The van der Waals surface area contributed by atoms with E-state index in [2.05, 4.69) is 20.2 Å². The van der Waals surface area contributed by atoms with E-state index in [1.54, 1.807) is 13.9 Å². The topological polar surface area (TPSA) is 83.3 Å². The van der Waals surface area contributed by atoms with Crippen molar-refractivity contribution >= 4 is 30.2 Å². The summed E-state index contributed by atoms with van der Waals surface area (Å²) < 4.78 is 1.19. The first-order valence-electron chi connectivity index (χ1n) is 8.33. The summed E-state index contributed by atoms with van der Waals surface area (Å²) in [5, 5.41) is 16.7. The van der Waals surface area contributed by atoms with Crippen molar-refractivity contribution in [2.24, 2.45) is 7.05 Å². The van der Waals surface area contributed by atoms with Crippen molar-refractivity contribution in [2.45, 2.75) is 25.6 Å². The molecular weight excluding hydrogens is 340 g/mol. The SMILES string of the molecule is CB(O)N1CCC(c2ccc(Nc3cc(Cl)nn(C)c3=O)nc2)CC1. The van der Waals surface area contributed by atoms with Crippen LogP contribution in [-0.4, -0.2) is 44.7 Å². The van der Waals surface area contributed by atoms with Gasteiger partial charge in [0.05, 0.1) is 0 Å². The number of halogens is 1. The third-order valence-electron chi connectivity index (χ3n) is 4.61. The Kier molecular flexibility index (Phi) is 5.41. The summed E-state index contributed by atoms with van der Waals surface area (Å²) in [4.78, 5) is 18.5. The Morgan fingerprint density at radius 1 is 1.36 bits per heavy atom. The van der Waals surface area contributed by atoms with E-state index in [1.807, 2.05) is 18.3 Å². The number of nitrogens with one attached hydrogen (secondary N) is 1. The Morgan fingerprint density at radius 2 is 2.08 bits per heavy atom. The van der Waals surface area contributed by atoms with Crippen LogP contribution in [0.1, 0.15) is 24.3 Å². The van der Waals surface area contributed by atoms with Crippen molar-refractivity contribution in [1.82, 2.24) is 19.6 Å². The fourth-order valence-corrected chi connectivity index (χ4v) is 3.35. The molecule has 3 rings (SSSR count). The number of aromatic nitrogens is 3. The maximum absolute atomic E-state index is 12.1. The van der Waals surface area contributed by atoms with Crippen molar-refractivity contribution in [3.63, 3.8) is 0 Å². The van der Waals surface area contributed by atoms with E-state index in [4.69, 9.17) is 11.6 Å². The number of aryl methyl sites for hydroxylation is 1. The molecule has 25 heavy (non-hydrogen) atoms. The van der Waals surface area contributed by atoms with Crippen LogP contribution < -0.4 is 10.9 Å². The highest BCUT2D eigenvalue weighted by Gasteiger charge is 2.24. The minimum absolute atomic E-state index is 0.242. The van der Waals surface area contributed by atoms with E-state index < -0.39 is 0 Å². The molecule has 0 spiro atoms. The quantitative estimate of drug-likeness (QED) is 0.809. The molecule has 0 atom stereocenters. The Morgan fingerprint density at radius 3 is 2.68 bits per heavy atom. The lowest BCUT2D eigenvalue weighted by Crippen LogP contribution is -2.42. The highest BCUT2D eigenvalue weighted by atomic mass is 35.5. The summed E-state index contributed by atoms with van der Waals surface area (Å²) in [6, 6.07) is 5.39. The molecular formula is C16H21BClN5O2. The molecule has 0 amide bonds. The van der Waals surface area contributed by atoms with Gasteiger partial charge in [0.1, 0.15) is 11.5 Å². The van der Waals surface area contributed by atoms with Crippen molar-refractivity contribution < 1.29 is 5.02 Å². The van der Waals surface area contributed by atoms with Crippen LogP contribution in [0.25, 0.3) is 0 Å². The van der Waals surface area contributed by atoms with Crippen molar-refractivity contribution in [2.75, 3.05) is 18.4 Å². The zero-order chi connectivity index (χ0) is 18.0. The molecule has 2 aromatic rings. The fourth-order valence-electron chi connectivity index (χ4n) is 3.13. The fraction of sp³-hybridized carbons (Fsp3) is 0.438. The van der Waals surface area contributed by atoms with Gasteiger partial charge in [-0.15, -0.1) is 0 Å². The van der Waals surface area contributed by atoms with Gasteiger partial charge in [-0.25, -0.2) is 9.67 Å². The van der Waals surface area contributed by atoms with Gasteiger partial charge in [-0.3, -0.25) is 4.79 Å². The summed E-state index contributed by atoms with van der Waals surface area (Å²) in [6.07, 6.45) is 3.85. The number of piperidine rings is 1. The summed E-state index contributed by atoms with van der Waals surface area (Å²) in [6.45, 7) is 3.57. The maximum Gasteiger partial charge on any atom is 0.376 e. The molecule has 9 heteroatoms. The second-order valence-electron chi connectivity index (χ2n) is 6.35. The van der Waals surface area contributed by atoms with Gasteiger partial charge in [0, 0.05) is 19.3 Å². The molecule has 3 heterocycles. The molecule has 0 unspecified atom stereocenters. The number of nitrogens with zero attached hydrogens (tertiary/aromatic N) is 4. The van der Waals surface area contributed by atoms with Crippen molar-refractivity contribution in [3.8, 4) is 0 Å². The van der Waals surface area contributed by atoms with E-state index in [0.717, 1.165) is 25.9 Å². The third kappa shape index (κ3) is 4.20. The Hall–Kier alpha value is -1.90. The Labute approximate surface area is 151 Å². The van der Waals surface area contributed by atoms with Gasteiger partial charge in [-0.05, 0) is 50.3 Å². The monoisotopic (exact) mass is 361 g/mol. The van der Waals surface area contributed by atoms with Crippen molar-refractivity contribution in [3.05, 3.63) is 45.5 Å². The molecule has 0 radical (unpaired) electrons. The maximum atomic E-state index is 12.1. The predicted octanol–water partition coefficient (Wildman–Crippen LogP) is 1.86. The molecule has 1 saturated heterocycles. The molecule has 1 fully saturated rings. The lowest BCUT2D eigenvalue weighted by molar-refractivity contribution is 0.289. The third-order valence-corrected chi connectivity index (χ3v) is 4.80. The minimum atomic E-state index is -0.388. The number of pyridine rings is 1. The van der Waals surface area contributed by atoms with Crippen LogP contribution in [0.4, 0.5) is 11.5 Å². The van der Waals surface area contributed by atoms with Crippen LogP contribution >= 0.6 is 11.6 Å². The molecule has 132 valence electrons. The van der Waals surface area contributed by atoms with Crippen LogP contribution in [0.5, 0.6) is 0 Å². The molecule has 7 nitrogen and oxygen atoms in total. The van der Waals surface area contributed by atoms with Crippen LogP contribution in [0.3, 0.4) is 0 Å². The van der Waals surface area contributed by atoms with E-state index in [1.165, 1.54) is 16.3 Å². The van der Waals surface area contributed by atoms with E-state index in [9.17, 15) is 9.82 Å². The van der Waals surface area contributed by atoms with E-state index in [-0.39, 0.29) is 17.8 Å². The van der Waals surface area contributed by atoms with Gasteiger partial charge < -0.3 is 15.2 Å². The lowest BCUT2D eigenvalue weighted by atomic mass is 9.80. The van der Waals surface area contributed by atoms with Gasteiger partial charge in [-0.2, -0.15) is 5.10 Å². The number of hydrogen-bond acceptors (Lipinski definition) is 6. The number of anilines is 2. The summed E-state index contributed by atoms with van der Waals surface area (Å²) >= 11 is 5.90. The molecule has 0 aliphatic carbocycles.